The summed E-state index contributed by atoms with van der Waals surface area (Å²) in [6.45, 7) is 0.453. The molecule has 1 aromatic carbocycles. The second kappa shape index (κ2) is 6.10. The Morgan fingerprint density at radius 2 is 2.06 bits per heavy atom. The SMILES string of the molecule is CN(Cc1ccc(Cl)cc1)C(=O)C/C(N)=N/O. The van der Waals surface area contributed by atoms with E-state index in [2.05, 4.69) is 5.16 Å². The molecule has 1 rings (SSSR count). The fraction of sp³-hybridized carbons (Fsp3) is 0.273. The summed E-state index contributed by atoms with van der Waals surface area (Å²) in [5.41, 5.74) is 6.22. The first kappa shape index (κ1) is 13.3. The van der Waals surface area contributed by atoms with Gasteiger partial charge in [0.25, 0.3) is 0 Å². The molecular formula is C11H14ClN3O2. The molecule has 0 aromatic heterocycles. The lowest BCUT2D eigenvalue weighted by molar-refractivity contribution is -0.129. The first-order chi connectivity index (χ1) is 8.02. The number of oxime groups is 1. The minimum atomic E-state index is -0.213. The molecule has 1 amide bonds. The molecule has 0 saturated carbocycles. The lowest BCUT2D eigenvalue weighted by atomic mass is 10.2. The quantitative estimate of drug-likeness (QED) is 0.370. The molecule has 0 aliphatic carbocycles. The van der Waals surface area contributed by atoms with Crippen molar-refractivity contribution in [3.8, 4) is 0 Å². The highest BCUT2D eigenvalue weighted by Crippen LogP contribution is 2.11. The van der Waals surface area contributed by atoms with Gasteiger partial charge in [0.05, 0.1) is 6.42 Å². The number of carbonyl (C=O) groups is 1. The number of amidine groups is 1. The first-order valence-electron chi connectivity index (χ1n) is 4.97. The summed E-state index contributed by atoms with van der Waals surface area (Å²) < 4.78 is 0. The highest BCUT2D eigenvalue weighted by Gasteiger charge is 2.11. The molecule has 0 bridgehead atoms. The molecule has 0 aliphatic rings. The summed E-state index contributed by atoms with van der Waals surface area (Å²) in [7, 11) is 1.65. The normalized spacial score (nSPS) is 11.3. The van der Waals surface area contributed by atoms with Crippen LogP contribution in [0, 0.1) is 0 Å². The summed E-state index contributed by atoms with van der Waals surface area (Å²) in [6.07, 6.45) is -0.0966. The number of carbonyl (C=O) groups excluding carboxylic acids is 1. The molecule has 3 N–H and O–H groups in total. The predicted molar refractivity (Wildman–Crippen MR) is 66.0 cm³/mol. The third kappa shape index (κ3) is 4.32. The summed E-state index contributed by atoms with van der Waals surface area (Å²) in [4.78, 5) is 13.1. The van der Waals surface area contributed by atoms with E-state index < -0.39 is 0 Å². The lowest BCUT2D eigenvalue weighted by Gasteiger charge is -2.16. The zero-order valence-corrected chi connectivity index (χ0v) is 10.2. The topological polar surface area (TPSA) is 78.9 Å². The van der Waals surface area contributed by atoms with Gasteiger partial charge in [0.2, 0.25) is 5.91 Å². The van der Waals surface area contributed by atoms with Gasteiger partial charge in [0, 0.05) is 18.6 Å². The molecule has 17 heavy (non-hydrogen) atoms. The van der Waals surface area contributed by atoms with Crippen molar-refractivity contribution in [2.24, 2.45) is 10.9 Å². The Kier molecular flexibility index (Phi) is 4.78. The maximum atomic E-state index is 11.6. The van der Waals surface area contributed by atoms with Gasteiger partial charge in [0.15, 0.2) is 0 Å². The van der Waals surface area contributed by atoms with Crippen LogP contribution in [0.5, 0.6) is 0 Å². The Labute approximate surface area is 104 Å². The number of hydrogen-bond donors (Lipinski definition) is 2. The van der Waals surface area contributed by atoms with Crippen LogP contribution >= 0.6 is 11.6 Å². The maximum Gasteiger partial charge on any atom is 0.230 e. The highest BCUT2D eigenvalue weighted by atomic mass is 35.5. The zero-order valence-electron chi connectivity index (χ0n) is 9.43. The molecule has 0 heterocycles. The second-order valence-electron chi connectivity index (χ2n) is 3.64. The summed E-state index contributed by atoms with van der Waals surface area (Å²) >= 11 is 5.76. The van der Waals surface area contributed by atoms with E-state index in [-0.39, 0.29) is 18.2 Å². The van der Waals surface area contributed by atoms with Crippen molar-refractivity contribution in [2.75, 3.05) is 7.05 Å². The van der Waals surface area contributed by atoms with Crippen molar-refractivity contribution >= 4 is 23.3 Å². The Balaban J connectivity index is 2.57. The van der Waals surface area contributed by atoms with E-state index in [1.165, 1.54) is 4.90 Å². The average molecular weight is 256 g/mol. The minimum absolute atomic E-state index is 0.0966. The van der Waals surface area contributed by atoms with E-state index in [0.29, 0.717) is 11.6 Å². The molecule has 0 aliphatic heterocycles. The van der Waals surface area contributed by atoms with Crippen LogP contribution in [-0.2, 0) is 11.3 Å². The van der Waals surface area contributed by atoms with E-state index in [1.807, 2.05) is 12.1 Å². The Morgan fingerprint density at radius 3 is 2.59 bits per heavy atom. The van der Waals surface area contributed by atoms with Gasteiger partial charge < -0.3 is 15.8 Å². The molecule has 0 spiro atoms. The van der Waals surface area contributed by atoms with E-state index >= 15 is 0 Å². The molecule has 0 radical (unpaired) electrons. The van der Waals surface area contributed by atoms with Crippen LogP contribution in [0.3, 0.4) is 0 Å². The van der Waals surface area contributed by atoms with Gasteiger partial charge in [-0.2, -0.15) is 0 Å². The summed E-state index contributed by atoms with van der Waals surface area (Å²) in [6, 6.07) is 7.21. The van der Waals surface area contributed by atoms with E-state index in [4.69, 9.17) is 22.5 Å². The van der Waals surface area contributed by atoms with Gasteiger partial charge in [-0.05, 0) is 17.7 Å². The van der Waals surface area contributed by atoms with E-state index in [9.17, 15) is 4.79 Å². The molecular weight excluding hydrogens is 242 g/mol. The number of rotatable bonds is 4. The smallest absolute Gasteiger partial charge is 0.230 e. The largest absolute Gasteiger partial charge is 0.409 e. The Bertz CT molecular complexity index is 417. The van der Waals surface area contributed by atoms with Gasteiger partial charge in [-0.15, -0.1) is 0 Å². The van der Waals surface area contributed by atoms with Gasteiger partial charge in [-0.25, -0.2) is 0 Å². The van der Waals surface area contributed by atoms with Gasteiger partial charge in [-0.3, -0.25) is 4.79 Å². The van der Waals surface area contributed by atoms with Crippen LogP contribution in [0.4, 0.5) is 0 Å². The van der Waals surface area contributed by atoms with Crippen molar-refractivity contribution < 1.29 is 10.0 Å². The molecule has 1 aromatic rings. The minimum Gasteiger partial charge on any atom is -0.409 e. The summed E-state index contributed by atoms with van der Waals surface area (Å²) in [5, 5.41) is 11.8. The standard InChI is InChI=1S/C11H14ClN3O2/c1-15(11(16)6-10(13)14-17)7-8-2-4-9(12)5-3-8/h2-5,17H,6-7H2,1H3,(H2,13,14). The van der Waals surface area contributed by atoms with E-state index in [1.54, 1.807) is 19.2 Å². The van der Waals surface area contributed by atoms with Crippen molar-refractivity contribution in [1.82, 2.24) is 4.90 Å². The highest BCUT2D eigenvalue weighted by molar-refractivity contribution is 6.30. The molecule has 0 saturated heterocycles. The molecule has 6 heteroatoms. The van der Waals surface area contributed by atoms with Crippen LogP contribution in [0.1, 0.15) is 12.0 Å². The fourth-order valence-corrected chi connectivity index (χ4v) is 1.40. The van der Waals surface area contributed by atoms with Gasteiger partial charge in [0.1, 0.15) is 5.84 Å². The van der Waals surface area contributed by atoms with Crippen molar-refractivity contribution in [1.29, 1.82) is 0 Å². The number of amides is 1. The van der Waals surface area contributed by atoms with Crippen molar-refractivity contribution in [3.63, 3.8) is 0 Å². The number of benzene rings is 1. The molecule has 0 fully saturated rings. The average Bonchev–Trinajstić information content (AvgIpc) is 2.31. The number of halogens is 1. The number of hydrogen-bond acceptors (Lipinski definition) is 3. The molecule has 92 valence electrons. The number of nitrogens with two attached hydrogens (primary N) is 1. The monoisotopic (exact) mass is 255 g/mol. The van der Waals surface area contributed by atoms with Crippen LogP contribution in [0.2, 0.25) is 5.02 Å². The first-order valence-corrected chi connectivity index (χ1v) is 5.35. The zero-order chi connectivity index (χ0) is 12.8. The van der Waals surface area contributed by atoms with Gasteiger partial charge >= 0.3 is 0 Å². The van der Waals surface area contributed by atoms with Gasteiger partial charge in [-0.1, -0.05) is 28.9 Å². The third-order valence-electron chi connectivity index (χ3n) is 2.22. The summed E-state index contributed by atoms with van der Waals surface area (Å²) in [5.74, 6) is -0.312. The fourth-order valence-electron chi connectivity index (χ4n) is 1.28. The maximum absolute atomic E-state index is 11.6. The Hall–Kier alpha value is -1.75. The lowest BCUT2D eigenvalue weighted by Crippen LogP contribution is -2.30. The molecule has 5 nitrogen and oxygen atoms in total. The van der Waals surface area contributed by atoms with Crippen molar-refractivity contribution in [2.45, 2.75) is 13.0 Å². The van der Waals surface area contributed by atoms with Crippen LogP contribution in [0.25, 0.3) is 0 Å². The Morgan fingerprint density at radius 1 is 1.47 bits per heavy atom. The predicted octanol–water partition coefficient (Wildman–Crippen LogP) is 1.43. The van der Waals surface area contributed by atoms with Crippen LogP contribution in [-0.4, -0.2) is 28.9 Å². The van der Waals surface area contributed by atoms with Crippen LogP contribution < -0.4 is 5.73 Å². The van der Waals surface area contributed by atoms with Crippen molar-refractivity contribution in [3.05, 3.63) is 34.9 Å². The van der Waals surface area contributed by atoms with Crippen LogP contribution in [0.15, 0.2) is 29.4 Å². The second-order valence-corrected chi connectivity index (χ2v) is 4.08. The number of nitrogens with zero attached hydrogens (tertiary/aromatic N) is 2. The third-order valence-corrected chi connectivity index (χ3v) is 2.47. The van der Waals surface area contributed by atoms with E-state index in [0.717, 1.165) is 5.56 Å². The molecule has 0 atom stereocenters. The molecule has 0 unspecified atom stereocenters.